The fourth-order valence-corrected chi connectivity index (χ4v) is 1.03. The number of aryl methyl sites for hydroxylation is 1. The zero-order valence-corrected chi connectivity index (χ0v) is 9.10. The molecule has 0 aliphatic rings. The van der Waals surface area contributed by atoms with Crippen LogP contribution in [0.5, 0.6) is 5.75 Å². The molecule has 0 N–H and O–H groups in total. The summed E-state index contributed by atoms with van der Waals surface area (Å²) in [6, 6.07) is 2.59. The highest BCUT2D eigenvalue weighted by Crippen LogP contribution is 2.09. The van der Waals surface area contributed by atoms with E-state index in [1.54, 1.807) is 25.2 Å². The van der Waals surface area contributed by atoms with Gasteiger partial charge in [-0.25, -0.2) is 9.59 Å². The lowest BCUT2D eigenvalue weighted by Gasteiger charge is -2.00. The summed E-state index contributed by atoms with van der Waals surface area (Å²) in [6.45, 7) is 3.44. The van der Waals surface area contributed by atoms with Crippen molar-refractivity contribution in [3.8, 4) is 5.75 Å². The van der Waals surface area contributed by atoms with Gasteiger partial charge in [0.1, 0.15) is 11.5 Å². The van der Waals surface area contributed by atoms with Gasteiger partial charge in [0.2, 0.25) is 0 Å². The summed E-state index contributed by atoms with van der Waals surface area (Å²) in [6.07, 6.45) is 6.31. The van der Waals surface area contributed by atoms with E-state index >= 15 is 0 Å². The molecule has 1 aromatic heterocycles. The molecule has 0 saturated carbocycles. The normalized spacial score (nSPS) is 11.1. The number of ether oxygens (including phenoxy) is 1. The number of allylic oxidation sites excluding steroid dienone is 3. The summed E-state index contributed by atoms with van der Waals surface area (Å²) < 4.78 is 9.62. The molecule has 0 aromatic carbocycles. The highest BCUT2D eigenvalue weighted by Gasteiger charge is 2.02. The van der Waals surface area contributed by atoms with Crippen LogP contribution < -0.4 is 10.4 Å². The maximum Gasteiger partial charge on any atom is 0.339 e. The molecular formula is C12H12O4. The predicted molar refractivity (Wildman–Crippen MR) is 59.3 cm³/mol. The minimum absolute atomic E-state index is 0.184. The van der Waals surface area contributed by atoms with Crippen LogP contribution in [0.4, 0.5) is 0 Å². The molecule has 4 nitrogen and oxygen atoms in total. The van der Waals surface area contributed by atoms with Gasteiger partial charge in [0.05, 0.1) is 6.07 Å². The van der Waals surface area contributed by atoms with Crippen molar-refractivity contribution in [2.24, 2.45) is 0 Å². The molecule has 84 valence electrons. The van der Waals surface area contributed by atoms with E-state index < -0.39 is 11.6 Å². The fraction of sp³-hybridized carbons (Fsp3) is 0.167. The minimum Gasteiger partial charge on any atom is -0.428 e. The van der Waals surface area contributed by atoms with Crippen molar-refractivity contribution in [2.45, 2.75) is 13.8 Å². The van der Waals surface area contributed by atoms with E-state index in [1.165, 1.54) is 12.1 Å². The molecule has 0 unspecified atom stereocenters. The second kappa shape index (κ2) is 5.70. The summed E-state index contributed by atoms with van der Waals surface area (Å²) in [5, 5.41) is 0. The maximum atomic E-state index is 11.2. The average molecular weight is 220 g/mol. The first-order chi connectivity index (χ1) is 7.61. The van der Waals surface area contributed by atoms with Crippen molar-refractivity contribution in [1.82, 2.24) is 0 Å². The topological polar surface area (TPSA) is 56.5 Å². The van der Waals surface area contributed by atoms with Gasteiger partial charge in [-0.05, 0) is 13.8 Å². The number of carbonyl (C=O) groups is 1. The molecule has 0 aliphatic heterocycles. The standard InChI is InChI=1S/C12H12O4/c1-3-4-5-6-11(13)16-10-7-9(2)15-12(14)8-10/h3-8H,1-2H3/b4-3+,6-5+. The van der Waals surface area contributed by atoms with Crippen molar-refractivity contribution >= 4 is 5.97 Å². The van der Waals surface area contributed by atoms with Gasteiger partial charge in [0.15, 0.2) is 0 Å². The van der Waals surface area contributed by atoms with Gasteiger partial charge in [-0.3, -0.25) is 0 Å². The fourth-order valence-electron chi connectivity index (χ4n) is 1.03. The van der Waals surface area contributed by atoms with E-state index in [2.05, 4.69) is 0 Å². The molecule has 0 bridgehead atoms. The molecule has 4 heteroatoms. The Morgan fingerprint density at radius 2 is 2.12 bits per heavy atom. The first kappa shape index (κ1) is 12.0. The molecule has 1 rings (SSSR count). The van der Waals surface area contributed by atoms with Gasteiger partial charge in [0, 0.05) is 12.1 Å². The number of esters is 1. The van der Waals surface area contributed by atoms with Crippen LogP contribution in [-0.4, -0.2) is 5.97 Å². The number of carbonyl (C=O) groups excluding carboxylic acids is 1. The lowest BCUT2D eigenvalue weighted by molar-refractivity contribution is -0.129. The van der Waals surface area contributed by atoms with Gasteiger partial charge >= 0.3 is 11.6 Å². The molecule has 0 saturated heterocycles. The predicted octanol–water partition coefficient (Wildman–Crippen LogP) is 1.99. The largest absolute Gasteiger partial charge is 0.428 e. The van der Waals surface area contributed by atoms with Crippen LogP contribution in [0.2, 0.25) is 0 Å². The lowest BCUT2D eigenvalue weighted by Crippen LogP contribution is -2.07. The summed E-state index contributed by atoms with van der Waals surface area (Å²) in [5.74, 6) is 0.0414. The van der Waals surface area contributed by atoms with Crippen LogP contribution in [0, 0.1) is 6.92 Å². The SMILES string of the molecule is C/C=C/C=C/C(=O)Oc1cc(C)oc(=O)c1. The minimum atomic E-state index is -0.541. The van der Waals surface area contributed by atoms with Crippen molar-refractivity contribution in [3.05, 3.63) is 52.6 Å². The summed E-state index contributed by atoms with van der Waals surface area (Å²) in [5.41, 5.74) is -0.541. The molecule has 0 radical (unpaired) electrons. The van der Waals surface area contributed by atoms with Crippen LogP contribution in [0.1, 0.15) is 12.7 Å². The van der Waals surface area contributed by atoms with Crippen molar-refractivity contribution in [3.63, 3.8) is 0 Å². The quantitative estimate of drug-likeness (QED) is 0.444. The van der Waals surface area contributed by atoms with Crippen LogP contribution in [0.25, 0.3) is 0 Å². The highest BCUT2D eigenvalue weighted by molar-refractivity contribution is 5.84. The van der Waals surface area contributed by atoms with Crippen LogP contribution >= 0.6 is 0 Å². The first-order valence-electron chi connectivity index (χ1n) is 4.75. The Balaban J connectivity index is 2.73. The van der Waals surface area contributed by atoms with E-state index in [0.29, 0.717) is 5.76 Å². The van der Waals surface area contributed by atoms with Crippen LogP contribution in [0.3, 0.4) is 0 Å². The van der Waals surface area contributed by atoms with E-state index in [0.717, 1.165) is 6.07 Å². The molecule has 16 heavy (non-hydrogen) atoms. The Bertz CT molecular complexity index is 480. The summed E-state index contributed by atoms with van der Waals surface area (Å²) in [4.78, 5) is 22.2. The molecule has 0 fully saturated rings. The smallest absolute Gasteiger partial charge is 0.339 e. The first-order valence-corrected chi connectivity index (χ1v) is 4.75. The Labute approximate surface area is 92.8 Å². The molecule has 1 aromatic rings. The van der Waals surface area contributed by atoms with Crippen molar-refractivity contribution in [2.75, 3.05) is 0 Å². The van der Waals surface area contributed by atoms with E-state index in [-0.39, 0.29) is 5.75 Å². The Kier molecular flexibility index (Phi) is 4.27. The van der Waals surface area contributed by atoms with Gasteiger partial charge < -0.3 is 9.15 Å². The zero-order valence-electron chi connectivity index (χ0n) is 9.10. The Hall–Kier alpha value is -2.10. The summed E-state index contributed by atoms with van der Waals surface area (Å²) >= 11 is 0. The second-order valence-corrected chi connectivity index (χ2v) is 3.03. The third kappa shape index (κ3) is 3.96. The monoisotopic (exact) mass is 220 g/mol. The van der Waals surface area contributed by atoms with Gasteiger partial charge in [0.25, 0.3) is 0 Å². The van der Waals surface area contributed by atoms with Gasteiger partial charge in [-0.2, -0.15) is 0 Å². The number of hydrogen-bond acceptors (Lipinski definition) is 4. The average Bonchev–Trinajstić information content (AvgIpc) is 2.16. The zero-order chi connectivity index (χ0) is 12.0. The molecular weight excluding hydrogens is 208 g/mol. The second-order valence-electron chi connectivity index (χ2n) is 3.03. The van der Waals surface area contributed by atoms with E-state index in [4.69, 9.17) is 9.15 Å². The van der Waals surface area contributed by atoms with E-state index in [1.807, 2.05) is 6.92 Å². The third-order valence-corrected chi connectivity index (χ3v) is 1.62. The van der Waals surface area contributed by atoms with E-state index in [9.17, 15) is 9.59 Å². The van der Waals surface area contributed by atoms with Gasteiger partial charge in [-0.1, -0.05) is 18.2 Å². The number of rotatable bonds is 3. The number of hydrogen-bond donors (Lipinski definition) is 0. The molecule has 0 aliphatic carbocycles. The molecule has 0 spiro atoms. The van der Waals surface area contributed by atoms with Crippen LogP contribution in [0.15, 0.2) is 45.6 Å². The molecule has 0 atom stereocenters. The van der Waals surface area contributed by atoms with Crippen molar-refractivity contribution in [1.29, 1.82) is 0 Å². The Morgan fingerprint density at radius 3 is 2.75 bits per heavy atom. The molecule has 1 heterocycles. The maximum absolute atomic E-state index is 11.2. The molecule has 0 amide bonds. The highest BCUT2D eigenvalue weighted by atomic mass is 16.5. The van der Waals surface area contributed by atoms with Crippen molar-refractivity contribution < 1.29 is 13.9 Å². The van der Waals surface area contributed by atoms with Gasteiger partial charge in [-0.15, -0.1) is 0 Å². The lowest BCUT2D eigenvalue weighted by atomic mass is 10.4. The Morgan fingerprint density at radius 1 is 1.38 bits per heavy atom. The van der Waals surface area contributed by atoms with Crippen LogP contribution in [-0.2, 0) is 4.79 Å². The summed E-state index contributed by atoms with van der Waals surface area (Å²) in [7, 11) is 0. The third-order valence-electron chi connectivity index (χ3n) is 1.62.